The second-order valence-electron chi connectivity index (χ2n) is 4.93. The average molecular weight is 299 g/mol. The number of nitrogens with one attached hydrogen (secondary N) is 2. The fraction of sp³-hybridized carbons (Fsp3) is 0.250. The van der Waals surface area contributed by atoms with E-state index < -0.39 is 0 Å². The van der Waals surface area contributed by atoms with Gasteiger partial charge in [-0.15, -0.1) is 11.3 Å². The Kier molecular flexibility index (Phi) is 4.61. The van der Waals surface area contributed by atoms with Gasteiger partial charge in [-0.3, -0.25) is 4.79 Å². The van der Waals surface area contributed by atoms with Crippen molar-refractivity contribution >= 4 is 27.9 Å². The van der Waals surface area contributed by atoms with E-state index in [1.165, 1.54) is 22.5 Å². The van der Waals surface area contributed by atoms with Gasteiger partial charge in [0.25, 0.3) is 0 Å². The van der Waals surface area contributed by atoms with Crippen LogP contribution in [-0.4, -0.2) is 11.9 Å². The van der Waals surface area contributed by atoms with Gasteiger partial charge < -0.3 is 10.6 Å². The van der Waals surface area contributed by atoms with Crippen LogP contribution in [0.4, 0.5) is 10.7 Å². The Balaban J connectivity index is 2.03. The number of nitriles is 1. The van der Waals surface area contributed by atoms with Crippen LogP contribution < -0.4 is 10.6 Å². The van der Waals surface area contributed by atoms with Crippen LogP contribution in [0.15, 0.2) is 29.6 Å². The summed E-state index contributed by atoms with van der Waals surface area (Å²) >= 11 is 1.35. The van der Waals surface area contributed by atoms with Crippen LogP contribution in [0.1, 0.15) is 23.6 Å². The quantitative estimate of drug-likeness (QED) is 0.905. The fourth-order valence-corrected chi connectivity index (χ4v) is 2.60. The first-order valence-electron chi connectivity index (χ1n) is 6.63. The number of rotatable bonds is 4. The molecule has 0 radical (unpaired) electrons. The van der Waals surface area contributed by atoms with Crippen molar-refractivity contribution in [3.05, 3.63) is 46.3 Å². The summed E-state index contributed by atoms with van der Waals surface area (Å²) in [5, 5.41) is 17.3. The molecule has 0 spiro atoms. The smallest absolute Gasteiger partial charge is 0.247 e. The normalized spacial score (nSPS) is 11.5. The number of amides is 1. The zero-order valence-corrected chi connectivity index (χ0v) is 13.0. The van der Waals surface area contributed by atoms with Crippen molar-refractivity contribution in [2.75, 3.05) is 10.6 Å². The van der Waals surface area contributed by atoms with Gasteiger partial charge in [-0.25, -0.2) is 0 Å². The summed E-state index contributed by atoms with van der Waals surface area (Å²) < 4.78 is 0. The molecule has 0 bridgehead atoms. The third-order valence-electron chi connectivity index (χ3n) is 3.31. The molecule has 0 aliphatic heterocycles. The first kappa shape index (κ1) is 15.1. The monoisotopic (exact) mass is 299 g/mol. The van der Waals surface area contributed by atoms with Crippen molar-refractivity contribution in [3.63, 3.8) is 0 Å². The average Bonchev–Trinajstić information content (AvgIpc) is 2.90. The Labute approximate surface area is 128 Å². The number of carbonyl (C=O) groups is 1. The molecule has 1 atom stereocenters. The maximum atomic E-state index is 12.2. The van der Waals surface area contributed by atoms with Gasteiger partial charge in [0.2, 0.25) is 5.91 Å². The Morgan fingerprint density at radius 1 is 1.29 bits per heavy atom. The molecule has 0 aliphatic rings. The maximum Gasteiger partial charge on any atom is 0.247 e. The van der Waals surface area contributed by atoms with E-state index in [4.69, 9.17) is 5.26 Å². The van der Waals surface area contributed by atoms with E-state index in [2.05, 4.69) is 23.6 Å². The van der Waals surface area contributed by atoms with Crippen molar-refractivity contribution < 1.29 is 4.79 Å². The van der Waals surface area contributed by atoms with Gasteiger partial charge in [0, 0.05) is 5.69 Å². The highest BCUT2D eigenvalue weighted by atomic mass is 32.1. The topological polar surface area (TPSA) is 64.9 Å². The SMILES string of the molecule is Cc1ccc(N[C@H](C)C(=O)Nc2sccc2C#N)cc1C. The van der Waals surface area contributed by atoms with Gasteiger partial charge in [-0.05, 0) is 55.5 Å². The Bertz CT molecular complexity index is 700. The highest BCUT2D eigenvalue weighted by Crippen LogP contribution is 2.22. The van der Waals surface area contributed by atoms with Crippen LogP contribution in [0.3, 0.4) is 0 Å². The molecule has 0 fully saturated rings. The lowest BCUT2D eigenvalue weighted by atomic mass is 10.1. The van der Waals surface area contributed by atoms with Crippen molar-refractivity contribution in [2.45, 2.75) is 26.8 Å². The molecule has 21 heavy (non-hydrogen) atoms. The van der Waals surface area contributed by atoms with Crippen molar-refractivity contribution in [1.29, 1.82) is 5.26 Å². The van der Waals surface area contributed by atoms with Crippen LogP contribution in [-0.2, 0) is 4.79 Å². The first-order chi connectivity index (χ1) is 10.0. The third kappa shape index (κ3) is 3.61. The van der Waals surface area contributed by atoms with Crippen molar-refractivity contribution in [2.24, 2.45) is 0 Å². The number of aryl methyl sites for hydroxylation is 2. The minimum absolute atomic E-state index is 0.160. The minimum atomic E-state index is -0.388. The predicted octanol–water partition coefficient (Wildman–Crippen LogP) is 3.68. The molecule has 2 aromatic rings. The standard InChI is InChI=1S/C16H17N3OS/c1-10-4-5-14(8-11(10)2)18-12(3)15(20)19-16-13(9-17)6-7-21-16/h4-8,12,18H,1-3H3,(H,19,20)/t12-/m1/s1. The number of nitrogens with zero attached hydrogens (tertiary/aromatic N) is 1. The number of hydrogen-bond acceptors (Lipinski definition) is 4. The van der Waals surface area contributed by atoms with Gasteiger partial charge in [0.15, 0.2) is 0 Å². The van der Waals surface area contributed by atoms with E-state index in [9.17, 15) is 4.79 Å². The lowest BCUT2D eigenvalue weighted by molar-refractivity contribution is -0.116. The van der Waals surface area contributed by atoms with E-state index >= 15 is 0 Å². The first-order valence-corrected chi connectivity index (χ1v) is 7.51. The van der Waals surface area contributed by atoms with Crippen molar-refractivity contribution in [1.82, 2.24) is 0 Å². The molecule has 1 aromatic carbocycles. The molecular weight excluding hydrogens is 282 g/mol. The summed E-state index contributed by atoms with van der Waals surface area (Å²) in [6, 6.07) is 9.36. The zero-order valence-electron chi connectivity index (χ0n) is 12.2. The van der Waals surface area contributed by atoms with Crippen LogP contribution in [0.25, 0.3) is 0 Å². The van der Waals surface area contributed by atoms with Gasteiger partial charge in [0.1, 0.15) is 17.1 Å². The fourth-order valence-electron chi connectivity index (χ4n) is 1.86. The van der Waals surface area contributed by atoms with Gasteiger partial charge in [-0.1, -0.05) is 6.07 Å². The van der Waals surface area contributed by atoms with E-state index in [1.54, 1.807) is 18.4 Å². The van der Waals surface area contributed by atoms with E-state index in [1.807, 2.05) is 25.1 Å². The van der Waals surface area contributed by atoms with Crippen LogP contribution in [0.2, 0.25) is 0 Å². The van der Waals surface area contributed by atoms with Crippen LogP contribution in [0, 0.1) is 25.2 Å². The summed E-state index contributed by atoms with van der Waals surface area (Å²) in [4.78, 5) is 12.2. The van der Waals surface area contributed by atoms with E-state index in [0.717, 1.165) is 5.69 Å². The molecular formula is C16H17N3OS. The lowest BCUT2D eigenvalue weighted by Gasteiger charge is -2.15. The number of anilines is 2. The van der Waals surface area contributed by atoms with E-state index in [0.29, 0.717) is 10.6 Å². The summed E-state index contributed by atoms with van der Waals surface area (Å²) in [5.41, 5.74) is 3.80. The van der Waals surface area contributed by atoms with E-state index in [-0.39, 0.29) is 11.9 Å². The third-order valence-corrected chi connectivity index (χ3v) is 4.14. The number of thiophene rings is 1. The van der Waals surface area contributed by atoms with Crippen LogP contribution in [0.5, 0.6) is 0 Å². The van der Waals surface area contributed by atoms with Gasteiger partial charge >= 0.3 is 0 Å². The second-order valence-corrected chi connectivity index (χ2v) is 5.85. The zero-order chi connectivity index (χ0) is 15.4. The maximum absolute atomic E-state index is 12.2. The van der Waals surface area contributed by atoms with Gasteiger partial charge in [0.05, 0.1) is 5.56 Å². The number of hydrogen-bond donors (Lipinski definition) is 2. The highest BCUT2D eigenvalue weighted by Gasteiger charge is 2.15. The predicted molar refractivity (Wildman–Crippen MR) is 86.7 cm³/mol. The highest BCUT2D eigenvalue weighted by molar-refractivity contribution is 7.14. The van der Waals surface area contributed by atoms with Gasteiger partial charge in [-0.2, -0.15) is 5.26 Å². The summed E-state index contributed by atoms with van der Waals surface area (Å²) in [6.07, 6.45) is 0. The Hall–Kier alpha value is -2.32. The molecule has 0 saturated heterocycles. The summed E-state index contributed by atoms with van der Waals surface area (Å²) in [5.74, 6) is -0.160. The summed E-state index contributed by atoms with van der Waals surface area (Å²) in [6.45, 7) is 5.88. The molecule has 0 saturated carbocycles. The molecule has 0 unspecified atom stereocenters. The molecule has 4 nitrogen and oxygen atoms in total. The molecule has 2 rings (SSSR count). The number of carbonyl (C=O) groups excluding carboxylic acids is 1. The Morgan fingerprint density at radius 3 is 2.71 bits per heavy atom. The summed E-state index contributed by atoms with van der Waals surface area (Å²) in [7, 11) is 0. The van der Waals surface area contributed by atoms with Crippen molar-refractivity contribution in [3.8, 4) is 6.07 Å². The molecule has 1 heterocycles. The Morgan fingerprint density at radius 2 is 2.05 bits per heavy atom. The largest absolute Gasteiger partial charge is 0.374 e. The molecule has 0 aliphatic carbocycles. The molecule has 1 aromatic heterocycles. The lowest BCUT2D eigenvalue weighted by Crippen LogP contribution is -2.31. The minimum Gasteiger partial charge on any atom is -0.374 e. The van der Waals surface area contributed by atoms with Crippen LogP contribution >= 0.6 is 11.3 Å². The number of benzene rings is 1. The molecule has 2 N–H and O–H groups in total. The molecule has 1 amide bonds. The molecule has 108 valence electrons. The second kappa shape index (κ2) is 6.42. The molecule has 5 heteroatoms.